The first kappa shape index (κ1) is 16.9. The second-order valence-corrected chi connectivity index (χ2v) is 2.76. The summed E-state index contributed by atoms with van der Waals surface area (Å²) in [5, 5.41) is 0. The Morgan fingerprint density at radius 1 is 0.556 bits per heavy atom. The number of rotatable bonds is 1. The van der Waals surface area contributed by atoms with Crippen LogP contribution >= 0.6 is 0 Å². The Labute approximate surface area is 89.9 Å². The molecule has 0 saturated carbocycles. The molecule has 0 bridgehead atoms. The Morgan fingerprint density at radius 2 is 0.889 bits per heavy atom. The van der Waals surface area contributed by atoms with E-state index in [2.05, 4.69) is 0 Å². The lowest BCUT2D eigenvalue weighted by molar-refractivity contribution is -0.284. The minimum atomic E-state index is -7.03. The highest BCUT2D eigenvalue weighted by Crippen LogP contribution is 2.51. The zero-order chi connectivity index (χ0) is 15.2. The topological polar surface area (TPSA) is 0 Å². The molecule has 0 nitrogen and oxygen atoms in total. The molecule has 0 aliphatic rings. The maximum atomic E-state index is 12.2. The Kier molecular flexibility index (Phi) is 3.97. The molecule has 0 saturated heterocycles. The molecule has 0 unspecified atom stereocenters. The fourth-order valence-electron chi connectivity index (χ4n) is 0.724. The van der Waals surface area contributed by atoms with Gasteiger partial charge in [-0.05, 0) is 0 Å². The van der Waals surface area contributed by atoms with E-state index in [-0.39, 0.29) is 0 Å². The highest BCUT2D eigenvalue weighted by Gasteiger charge is 2.69. The van der Waals surface area contributed by atoms with Crippen LogP contribution in [-0.2, 0) is 0 Å². The predicted molar refractivity (Wildman–Crippen MR) is 31.2 cm³/mol. The SMILES string of the molecule is F/C(=C(\C(F)(F)F)C(F)(F)C(F)(F)F)C(F)(F)F. The Morgan fingerprint density at radius 3 is 1.06 bits per heavy atom. The molecule has 18 heavy (non-hydrogen) atoms. The molecule has 0 rings (SSSR count). The molecule has 0 aliphatic heterocycles. The summed E-state index contributed by atoms with van der Waals surface area (Å²) in [5.41, 5.74) is -4.63. The molecule has 0 aromatic heterocycles. The molecule has 0 radical (unpaired) electrons. The lowest BCUT2D eigenvalue weighted by Gasteiger charge is -2.25. The van der Waals surface area contributed by atoms with Crippen molar-refractivity contribution in [3.05, 3.63) is 11.4 Å². The van der Waals surface area contributed by atoms with Crippen LogP contribution in [-0.4, -0.2) is 24.5 Å². The molecule has 0 spiro atoms. The van der Waals surface area contributed by atoms with E-state index in [4.69, 9.17) is 0 Å². The van der Waals surface area contributed by atoms with Crippen LogP contribution in [0.15, 0.2) is 11.4 Å². The van der Waals surface area contributed by atoms with E-state index in [1.54, 1.807) is 0 Å². The number of alkyl halides is 11. The molecule has 0 fully saturated rings. The van der Waals surface area contributed by atoms with Gasteiger partial charge in [0.1, 0.15) is 0 Å². The van der Waals surface area contributed by atoms with Gasteiger partial charge in [0, 0.05) is 0 Å². The van der Waals surface area contributed by atoms with E-state index < -0.39 is 35.9 Å². The van der Waals surface area contributed by atoms with E-state index in [1.807, 2.05) is 0 Å². The van der Waals surface area contributed by atoms with Gasteiger partial charge in [-0.3, -0.25) is 0 Å². The van der Waals surface area contributed by atoms with Crippen molar-refractivity contribution in [1.29, 1.82) is 0 Å². The first-order chi connectivity index (χ1) is 7.53. The van der Waals surface area contributed by atoms with Crippen LogP contribution in [0.2, 0.25) is 0 Å². The third kappa shape index (κ3) is 3.22. The molecule has 108 valence electrons. The van der Waals surface area contributed by atoms with Crippen LogP contribution in [0.3, 0.4) is 0 Å². The smallest absolute Gasteiger partial charge is 0.201 e. The maximum Gasteiger partial charge on any atom is 0.458 e. The summed E-state index contributed by atoms with van der Waals surface area (Å²) in [5.74, 6) is -11.6. The summed E-state index contributed by atoms with van der Waals surface area (Å²) in [6.45, 7) is 0. The summed E-state index contributed by atoms with van der Waals surface area (Å²) < 4.78 is 141. The molecule has 0 atom stereocenters. The van der Waals surface area contributed by atoms with Gasteiger partial charge in [-0.15, -0.1) is 0 Å². The fraction of sp³-hybridized carbons (Fsp3) is 0.667. The van der Waals surface area contributed by atoms with E-state index in [9.17, 15) is 52.7 Å². The molecule has 0 heterocycles. The Balaban J connectivity index is 6.18. The van der Waals surface area contributed by atoms with E-state index in [1.165, 1.54) is 0 Å². The van der Waals surface area contributed by atoms with Gasteiger partial charge in [-0.1, -0.05) is 0 Å². The summed E-state index contributed by atoms with van der Waals surface area (Å²) in [6.07, 6.45) is -20.5. The molecule has 0 aromatic rings. The average molecular weight is 300 g/mol. The first-order valence-electron chi connectivity index (χ1n) is 3.52. The Hall–Kier alpha value is -1.10. The van der Waals surface area contributed by atoms with E-state index in [0.717, 1.165) is 0 Å². The number of halogens is 12. The van der Waals surface area contributed by atoms with Crippen molar-refractivity contribution in [2.24, 2.45) is 0 Å². The van der Waals surface area contributed by atoms with Gasteiger partial charge in [0.25, 0.3) is 0 Å². The fourth-order valence-corrected chi connectivity index (χ4v) is 0.724. The second kappa shape index (κ2) is 4.23. The highest BCUT2D eigenvalue weighted by atomic mass is 19.4. The van der Waals surface area contributed by atoms with Crippen LogP contribution < -0.4 is 0 Å². The third-order valence-electron chi connectivity index (χ3n) is 1.42. The van der Waals surface area contributed by atoms with Crippen molar-refractivity contribution < 1.29 is 52.7 Å². The van der Waals surface area contributed by atoms with Gasteiger partial charge in [0.05, 0.1) is 0 Å². The van der Waals surface area contributed by atoms with Crippen LogP contribution in [0, 0.1) is 0 Å². The minimum absolute atomic E-state index is 4.54. The second-order valence-electron chi connectivity index (χ2n) is 2.76. The van der Waals surface area contributed by atoms with E-state index in [0.29, 0.717) is 0 Å². The number of allylic oxidation sites excluding steroid dienone is 2. The zero-order valence-corrected chi connectivity index (χ0v) is 7.54. The molecule has 0 amide bonds. The maximum absolute atomic E-state index is 12.2. The average Bonchev–Trinajstić information content (AvgIpc) is 1.95. The van der Waals surface area contributed by atoms with Crippen molar-refractivity contribution in [1.82, 2.24) is 0 Å². The van der Waals surface area contributed by atoms with Gasteiger partial charge >= 0.3 is 24.5 Å². The molecule has 0 aromatic carbocycles. The van der Waals surface area contributed by atoms with Crippen molar-refractivity contribution in [2.45, 2.75) is 24.5 Å². The Bertz CT molecular complexity index is 335. The quantitative estimate of drug-likeness (QED) is 0.624. The lowest BCUT2D eigenvalue weighted by atomic mass is 10.1. The van der Waals surface area contributed by atoms with Gasteiger partial charge in [0.15, 0.2) is 5.57 Å². The number of hydrogen-bond acceptors (Lipinski definition) is 0. The summed E-state index contributed by atoms with van der Waals surface area (Å²) in [4.78, 5) is 0. The van der Waals surface area contributed by atoms with Crippen LogP contribution in [0.1, 0.15) is 0 Å². The summed E-state index contributed by atoms with van der Waals surface area (Å²) in [6, 6.07) is 0. The largest absolute Gasteiger partial charge is 0.458 e. The van der Waals surface area contributed by atoms with Crippen molar-refractivity contribution >= 4 is 0 Å². The van der Waals surface area contributed by atoms with Gasteiger partial charge in [-0.2, -0.15) is 48.3 Å². The van der Waals surface area contributed by atoms with Crippen molar-refractivity contribution in [2.75, 3.05) is 0 Å². The normalized spacial score (nSPS) is 16.7. The zero-order valence-electron chi connectivity index (χ0n) is 7.54. The summed E-state index contributed by atoms with van der Waals surface area (Å²) in [7, 11) is 0. The molecule has 0 N–H and O–H groups in total. The predicted octanol–water partition coefficient (Wildman–Crippen LogP) is 4.53. The van der Waals surface area contributed by atoms with Crippen molar-refractivity contribution in [3.63, 3.8) is 0 Å². The number of hydrogen-bond donors (Lipinski definition) is 0. The van der Waals surface area contributed by atoms with Gasteiger partial charge < -0.3 is 0 Å². The first-order valence-corrected chi connectivity index (χ1v) is 3.52. The van der Waals surface area contributed by atoms with Crippen LogP contribution in [0.5, 0.6) is 0 Å². The van der Waals surface area contributed by atoms with E-state index >= 15 is 0 Å². The molecule has 12 heteroatoms. The van der Waals surface area contributed by atoms with Crippen LogP contribution in [0.4, 0.5) is 52.7 Å². The summed E-state index contributed by atoms with van der Waals surface area (Å²) >= 11 is 0. The van der Waals surface area contributed by atoms with Gasteiger partial charge in [-0.25, -0.2) is 4.39 Å². The minimum Gasteiger partial charge on any atom is -0.201 e. The molecular formula is C6F12. The molecule has 0 aliphatic carbocycles. The third-order valence-corrected chi connectivity index (χ3v) is 1.42. The lowest BCUT2D eigenvalue weighted by Crippen LogP contribution is -2.45. The monoisotopic (exact) mass is 300 g/mol. The van der Waals surface area contributed by atoms with Gasteiger partial charge in [0.2, 0.25) is 5.83 Å². The standard InChI is InChI=1S/C6F12/c7-2(5(13,14)15)1(4(10,11)12)3(8,9)6(16,17)18/b2-1-. The van der Waals surface area contributed by atoms with Crippen molar-refractivity contribution in [3.8, 4) is 0 Å². The highest BCUT2D eigenvalue weighted by molar-refractivity contribution is 5.27. The van der Waals surface area contributed by atoms with Crippen LogP contribution in [0.25, 0.3) is 0 Å². The molecular weight excluding hydrogens is 300 g/mol.